The Bertz CT molecular complexity index is 2870. The van der Waals surface area contributed by atoms with E-state index >= 15 is 0 Å². The summed E-state index contributed by atoms with van der Waals surface area (Å²) in [6, 6.07) is 77.6. The molecule has 0 aromatic heterocycles. The molecule has 0 amide bonds. The monoisotopic (exact) mass is 715 g/mol. The zero-order chi connectivity index (χ0) is 37.6. The molecule has 1 aliphatic rings. The van der Waals surface area contributed by atoms with Gasteiger partial charge < -0.3 is 4.90 Å². The minimum atomic E-state index is -0.0201. The highest BCUT2D eigenvalue weighted by atomic mass is 15.1. The largest absolute Gasteiger partial charge is 0.310 e. The van der Waals surface area contributed by atoms with Crippen LogP contribution >= 0.6 is 0 Å². The number of hydrogen-bond acceptors (Lipinski definition) is 1. The maximum absolute atomic E-state index is 2.42. The smallest absolute Gasteiger partial charge is 0.0540 e. The van der Waals surface area contributed by atoms with Crippen molar-refractivity contribution in [1.82, 2.24) is 0 Å². The molecule has 0 spiro atoms. The molecular formula is C55H41N. The summed E-state index contributed by atoms with van der Waals surface area (Å²) in [6.07, 6.45) is 0. The lowest BCUT2D eigenvalue weighted by Crippen LogP contribution is -2.14. The second kappa shape index (κ2) is 13.7. The summed E-state index contributed by atoms with van der Waals surface area (Å²) in [5, 5.41) is 2.53. The zero-order valence-corrected chi connectivity index (χ0v) is 31.7. The van der Waals surface area contributed by atoms with E-state index in [4.69, 9.17) is 0 Å². The van der Waals surface area contributed by atoms with Crippen molar-refractivity contribution in [3.05, 3.63) is 223 Å². The SMILES string of the molecule is CC1(C)c2ccccc2-c2cc3cc(-c4cccc(N(c5ccc(-c6ccccc6)cc5)c5ccccc5-c5ccccc5-c5ccccc5)c4)ccc3cc21. The summed E-state index contributed by atoms with van der Waals surface area (Å²) in [7, 11) is 0. The third kappa shape index (κ3) is 5.81. The molecule has 9 aromatic rings. The first-order valence-corrected chi connectivity index (χ1v) is 19.5. The van der Waals surface area contributed by atoms with Gasteiger partial charge in [0.05, 0.1) is 5.69 Å². The number of hydrogen-bond donors (Lipinski definition) is 0. The van der Waals surface area contributed by atoms with E-state index in [0.29, 0.717) is 0 Å². The maximum atomic E-state index is 2.42. The van der Waals surface area contributed by atoms with Crippen molar-refractivity contribution in [3.63, 3.8) is 0 Å². The Morgan fingerprint density at radius 2 is 0.875 bits per heavy atom. The molecule has 0 saturated carbocycles. The van der Waals surface area contributed by atoms with Crippen molar-refractivity contribution < 1.29 is 0 Å². The molecule has 1 aliphatic carbocycles. The van der Waals surface area contributed by atoms with Gasteiger partial charge in [0.15, 0.2) is 0 Å². The maximum Gasteiger partial charge on any atom is 0.0540 e. The first-order valence-electron chi connectivity index (χ1n) is 19.5. The average Bonchev–Trinajstić information content (AvgIpc) is 3.48. The van der Waals surface area contributed by atoms with Crippen LogP contribution in [0.3, 0.4) is 0 Å². The summed E-state index contributed by atoms with van der Waals surface area (Å²) in [5.41, 5.74) is 18.4. The van der Waals surface area contributed by atoms with Crippen molar-refractivity contribution >= 4 is 27.8 Å². The molecule has 9 aromatic carbocycles. The minimum Gasteiger partial charge on any atom is -0.310 e. The van der Waals surface area contributed by atoms with Crippen LogP contribution in [0.5, 0.6) is 0 Å². The second-order valence-electron chi connectivity index (χ2n) is 15.4. The summed E-state index contributed by atoms with van der Waals surface area (Å²) in [6.45, 7) is 4.70. The summed E-state index contributed by atoms with van der Waals surface area (Å²) in [4.78, 5) is 2.42. The van der Waals surface area contributed by atoms with Crippen molar-refractivity contribution in [1.29, 1.82) is 0 Å². The molecule has 266 valence electrons. The Morgan fingerprint density at radius 3 is 1.64 bits per heavy atom. The van der Waals surface area contributed by atoms with Gasteiger partial charge in [-0.3, -0.25) is 0 Å². The Kier molecular flexibility index (Phi) is 8.23. The molecule has 56 heavy (non-hydrogen) atoms. The number of para-hydroxylation sites is 1. The highest BCUT2D eigenvalue weighted by molar-refractivity contribution is 5.97. The van der Waals surface area contributed by atoms with E-state index in [2.05, 4.69) is 231 Å². The highest BCUT2D eigenvalue weighted by Gasteiger charge is 2.35. The normalized spacial score (nSPS) is 12.6. The van der Waals surface area contributed by atoms with Crippen LogP contribution in [0.15, 0.2) is 212 Å². The molecule has 10 rings (SSSR count). The predicted octanol–water partition coefficient (Wildman–Crippen LogP) is 15.3. The van der Waals surface area contributed by atoms with Gasteiger partial charge in [0.1, 0.15) is 0 Å². The van der Waals surface area contributed by atoms with Crippen LogP contribution in [0.1, 0.15) is 25.0 Å². The lowest BCUT2D eigenvalue weighted by molar-refractivity contribution is 0.661. The Hall–Kier alpha value is -6.96. The van der Waals surface area contributed by atoms with E-state index < -0.39 is 0 Å². The lowest BCUT2D eigenvalue weighted by atomic mass is 9.82. The molecule has 0 radical (unpaired) electrons. The fourth-order valence-electron chi connectivity index (χ4n) is 8.79. The quantitative estimate of drug-likeness (QED) is 0.159. The highest BCUT2D eigenvalue weighted by Crippen LogP contribution is 2.50. The van der Waals surface area contributed by atoms with Gasteiger partial charge in [-0.15, -0.1) is 0 Å². The van der Waals surface area contributed by atoms with Crippen LogP contribution in [-0.2, 0) is 5.41 Å². The molecule has 0 N–H and O–H groups in total. The third-order valence-electron chi connectivity index (χ3n) is 11.7. The van der Waals surface area contributed by atoms with E-state index in [9.17, 15) is 0 Å². The second-order valence-corrected chi connectivity index (χ2v) is 15.4. The topological polar surface area (TPSA) is 3.24 Å². The Labute approximate surface area is 329 Å². The van der Waals surface area contributed by atoms with Crippen LogP contribution < -0.4 is 4.90 Å². The van der Waals surface area contributed by atoms with Crippen molar-refractivity contribution in [3.8, 4) is 55.6 Å². The number of rotatable bonds is 7. The molecule has 0 saturated heterocycles. The molecule has 0 fully saturated rings. The first-order chi connectivity index (χ1) is 27.5. The molecule has 0 atom stereocenters. The van der Waals surface area contributed by atoms with Gasteiger partial charge in [-0.25, -0.2) is 0 Å². The number of nitrogens with zero attached hydrogens (tertiary/aromatic N) is 1. The third-order valence-corrected chi connectivity index (χ3v) is 11.7. The van der Waals surface area contributed by atoms with Gasteiger partial charge in [0.2, 0.25) is 0 Å². The Morgan fingerprint density at radius 1 is 0.304 bits per heavy atom. The van der Waals surface area contributed by atoms with E-state index in [1.165, 1.54) is 77.5 Å². The predicted molar refractivity (Wildman–Crippen MR) is 238 cm³/mol. The molecular weight excluding hydrogens is 675 g/mol. The van der Waals surface area contributed by atoms with Crippen LogP contribution in [0.2, 0.25) is 0 Å². The van der Waals surface area contributed by atoms with Gasteiger partial charge >= 0.3 is 0 Å². The van der Waals surface area contributed by atoms with Crippen LogP contribution in [0.25, 0.3) is 66.4 Å². The van der Waals surface area contributed by atoms with Crippen molar-refractivity contribution in [2.24, 2.45) is 0 Å². The number of benzene rings is 9. The molecule has 0 aliphatic heterocycles. The molecule has 0 unspecified atom stereocenters. The van der Waals surface area contributed by atoms with Crippen LogP contribution in [0, 0.1) is 0 Å². The summed E-state index contributed by atoms with van der Waals surface area (Å²) < 4.78 is 0. The lowest BCUT2D eigenvalue weighted by Gasteiger charge is -2.29. The fraction of sp³-hybridized carbons (Fsp3) is 0.0545. The minimum absolute atomic E-state index is 0.0201. The number of anilines is 3. The van der Waals surface area contributed by atoms with Gasteiger partial charge in [-0.05, 0) is 121 Å². The van der Waals surface area contributed by atoms with E-state index in [0.717, 1.165) is 17.1 Å². The molecule has 0 bridgehead atoms. The molecule has 0 heterocycles. The van der Waals surface area contributed by atoms with E-state index in [-0.39, 0.29) is 5.41 Å². The fourth-order valence-corrected chi connectivity index (χ4v) is 8.79. The molecule has 1 nitrogen and oxygen atoms in total. The van der Waals surface area contributed by atoms with Gasteiger partial charge in [-0.1, -0.05) is 178 Å². The summed E-state index contributed by atoms with van der Waals surface area (Å²) in [5.74, 6) is 0. The van der Waals surface area contributed by atoms with E-state index in [1.54, 1.807) is 0 Å². The van der Waals surface area contributed by atoms with Gasteiger partial charge in [-0.2, -0.15) is 0 Å². The zero-order valence-electron chi connectivity index (χ0n) is 31.7. The molecule has 1 heteroatoms. The Balaban J connectivity index is 1.12. The van der Waals surface area contributed by atoms with Crippen molar-refractivity contribution in [2.75, 3.05) is 4.90 Å². The average molecular weight is 716 g/mol. The first kappa shape index (κ1) is 33.6. The van der Waals surface area contributed by atoms with Crippen molar-refractivity contribution in [2.45, 2.75) is 19.3 Å². The van der Waals surface area contributed by atoms with Crippen LogP contribution in [-0.4, -0.2) is 0 Å². The van der Waals surface area contributed by atoms with Gasteiger partial charge in [0.25, 0.3) is 0 Å². The summed E-state index contributed by atoms with van der Waals surface area (Å²) >= 11 is 0. The number of fused-ring (bicyclic) bond motifs is 4. The van der Waals surface area contributed by atoms with Gasteiger partial charge in [0, 0.05) is 22.4 Å². The standard InChI is InChI=1S/C55H41N/c1-55(2)52-26-13-11-24-49(52)51-36-44-34-42(28-29-43(44)37-53(51)55)41-20-15-21-46(35-41)56(45-32-30-39(31-33-45)38-16-5-3-6-17-38)54-27-14-12-25-50(54)48-23-10-9-22-47(48)40-18-7-4-8-19-40/h3-37H,1-2H3. The van der Waals surface area contributed by atoms with Crippen LogP contribution in [0.4, 0.5) is 17.1 Å². The van der Waals surface area contributed by atoms with E-state index in [1.807, 2.05) is 0 Å².